The molecular weight excluding hydrogens is 252 g/mol. The normalized spacial score (nSPS) is 12.0. The molecule has 1 aromatic rings. The van der Waals surface area contributed by atoms with Crippen LogP contribution < -0.4 is 16.4 Å². The zero-order valence-corrected chi connectivity index (χ0v) is 10.9. The molecule has 1 unspecified atom stereocenters. The standard InChI is InChI=1S/C13H19F2N3O/c1-2-9(5-6-16)8-17-13(19)18-12-4-3-10(14)7-11(12)15/h3-4,7,9H,2,5-6,8,16H2,1H3,(H2,17,18,19). The fourth-order valence-electron chi connectivity index (χ4n) is 1.68. The predicted octanol–water partition coefficient (Wildman–Crippen LogP) is 2.46. The van der Waals surface area contributed by atoms with Crippen LogP contribution in [0.3, 0.4) is 0 Å². The first-order valence-electron chi connectivity index (χ1n) is 6.26. The minimum Gasteiger partial charge on any atom is -0.338 e. The zero-order chi connectivity index (χ0) is 14.3. The van der Waals surface area contributed by atoms with E-state index in [2.05, 4.69) is 10.6 Å². The second kappa shape index (κ2) is 7.68. The van der Waals surface area contributed by atoms with Gasteiger partial charge in [0.2, 0.25) is 0 Å². The van der Waals surface area contributed by atoms with Crippen LogP contribution in [0.2, 0.25) is 0 Å². The lowest BCUT2D eigenvalue weighted by Gasteiger charge is -2.15. The van der Waals surface area contributed by atoms with E-state index in [1.807, 2.05) is 6.92 Å². The number of hydrogen-bond donors (Lipinski definition) is 3. The molecule has 0 aliphatic carbocycles. The minimum absolute atomic E-state index is 0.0502. The Balaban J connectivity index is 2.46. The van der Waals surface area contributed by atoms with Gasteiger partial charge in [-0.15, -0.1) is 0 Å². The second-order valence-corrected chi connectivity index (χ2v) is 4.31. The summed E-state index contributed by atoms with van der Waals surface area (Å²) in [4.78, 5) is 11.6. The van der Waals surface area contributed by atoms with Gasteiger partial charge in [-0.1, -0.05) is 13.3 Å². The second-order valence-electron chi connectivity index (χ2n) is 4.31. The van der Waals surface area contributed by atoms with Crippen LogP contribution in [0.1, 0.15) is 19.8 Å². The lowest BCUT2D eigenvalue weighted by molar-refractivity contribution is 0.249. The summed E-state index contributed by atoms with van der Waals surface area (Å²) in [5, 5.41) is 4.98. The highest BCUT2D eigenvalue weighted by Crippen LogP contribution is 2.14. The number of carbonyl (C=O) groups excluding carboxylic acids is 1. The molecule has 2 amide bonds. The maximum absolute atomic E-state index is 13.3. The van der Waals surface area contributed by atoms with Gasteiger partial charge < -0.3 is 16.4 Å². The van der Waals surface area contributed by atoms with E-state index in [0.717, 1.165) is 25.0 Å². The molecule has 106 valence electrons. The zero-order valence-electron chi connectivity index (χ0n) is 10.9. The fourth-order valence-corrected chi connectivity index (χ4v) is 1.68. The van der Waals surface area contributed by atoms with Crippen molar-refractivity contribution in [3.05, 3.63) is 29.8 Å². The van der Waals surface area contributed by atoms with Crippen molar-refractivity contribution < 1.29 is 13.6 Å². The number of anilines is 1. The van der Waals surface area contributed by atoms with Crippen LogP contribution in [-0.4, -0.2) is 19.1 Å². The molecule has 0 spiro atoms. The average Bonchev–Trinajstić information content (AvgIpc) is 2.38. The Bertz CT molecular complexity index is 426. The summed E-state index contributed by atoms with van der Waals surface area (Å²) in [7, 11) is 0. The van der Waals surface area contributed by atoms with E-state index in [4.69, 9.17) is 5.73 Å². The monoisotopic (exact) mass is 271 g/mol. The van der Waals surface area contributed by atoms with Gasteiger partial charge in [-0.3, -0.25) is 0 Å². The van der Waals surface area contributed by atoms with E-state index >= 15 is 0 Å². The van der Waals surface area contributed by atoms with E-state index in [0.29, 0.717) is 19.0 Å². The molecule has 0 saturated carbocycles. The molecule has 0 fully saturated rings. The van der Waals surface area contributed by atoms with Gasteiger partial charge >= 0.3 is 6.03 Å². The third kappa shape index (κ3) is 5.21. The number of rotatable bonds is 6. The Kier molecular flexibility index (Phi) is 6.21. The van der Waals surface area contributed by atoms with Crippen molar-refractivity contribution in [1.82, 2.24) is 5.32 Å². The smallest absolute Gasteiger partial charge is 0.319 e. The molecule has 0 bridgehead atoms. The highest BCUT2D eigenvalue weighted by molar-refractivity contribution is 5.89. The summed E-state index contributed by atoms with van der Waals surface area (Å²) < 4.78 is 26.0. The molecule has 0 heterocycles. The van der Waals surface area contributed by atoms with Gasteiger partial charge in [-0.05, 0) is 31.0 Å². The minimum atomic E-state index is -0.802. The van der Waals surface area contributed by atoms with Crippen molar-refractivity contribution in [2.45, 2.75) is 19.8 Å². The SMILES string of the molecule is CCC(CCN)CNC(=O)Nc1ccc(F)cc1F. The van der Waals surface area contributed by atoms with Crippen molar-refractivity contribution in [3.8, 4) is 0 Å². The van der Waals surface area contributed by atoms with Gasteiger partial charge in [0.25, 0.3) is 0 Å². The summed E-state index contributed by atoms with van der Waals surface area (Å²) >= 11 is 0. The molecule has 4 nitrogen and oxygen atoms in total. The number of carbonyl (C=O) groups is 1. The fraction of sp³-hybridized carbons (Fsp3) is 0.462. The maximum Gasteiger partial charge on any atom is 0.319 e. The van der Waals surface area contributed by atoms with Crippen molar-refractivity contribution in [3.63, 3.8) is 0 Å². The Morgan fingerprint density at radius 1 is 1.42 bits per heavy atom. The molecule has 0 aromatic heterocycles. The Morgan fingerprint density at radius 3 is 2.74 bits per heavy atom. The number of halogens is 2. The summed E-state index contributed by atoms with van der Waals surface area (Å²) in [6.45, 7) is 3.05. The van der Waals surface area contributed by atoms with Gasteiger partial charge in [0.05, 0.1) is 5.69 Å². The Morgan fingerprint density at radius 2 is 2.16 bits per heavy atom. The Labute approximate surface area is 111 Å². The molecule has 1 atom stereocenters. The summed E-state index contributed by atoms with van der Waals surface area (Å²) in [5.41, 5.74) is 5.41. The summed E-state index contributed by atoms with van der Waals surface area (Å²) in [5.74, 6) is -1.18. The van der Waals surface area contributed by atoms with Crippen LogP contribution in [0.25, 0.3) is 0 Å². The molecule has 0 aliphatic heterocycles. The molecule has 0 aliphatic rings. The first-order chi connectivity index (χ1) is 9.06. The van der Waals surface area contributed by atoms with Crippen LogP contribution in [-0.2, 0) is 0 Å². The topological polar surface area (TPSA) is 67.1 Å². The molecule has 19 heavy (non-hydrogen) atoms. The molecule has 6 heteroatoms. The third-order valence-corrected chi connectivity index (χ3v) is 2.88. The number of nitrogens with two attached hydrogens (primary N) is 1. The molecule has 4 N–H and O–H groups in total. The molecule has 0 saturated heterocycles. The van der Waals surface area contributed by atoms with E-state index < -0.39 is 17.7 Å². The number of hydrogen-bond acceptors (Lipinski definition) is 2. The van der Waals surface area contributed by atoms with Gasteiger partial charge in [-0.2, -0.15) is 0 Å². The molecular formula is C13H19F2N3O. The number of benzene rings is 1. The van der Waals surface area contributed by atoms with E-state index in [1.165, 1.54) is 6.07 Å². The van der Waals surface area contributed by atoms with Crippen molar-refractivity contribution in [1.29, 1.82) is 0 Å². The predicted molar refractivity (Wildman–Crippen MR) is 70.8 cm³/mol. The summed E-state index contributed by atoms with van der Waals surface area (Å²) in [6, 6.07) is 2.48. The average molecular weight is 271 g/mol. The number of urea groups is 1. The molecule has 1 rings (SSSR count). The molecule has 1 aromatic carbocycles. The first-order valence-corrected chi connectivity index (χ1v) is 6.26. The van der Waals surface area contributed by atoms with Crippen molar-refractivity contribution in [2.75, 3.05) is 18.4 Å². The lowest BCUT2D eigenvalue weighted by Crippen LogP contribution is -2.33. The van der Waals surface area contributed by atoms with Gasteiger partial charge in [0, 0.05) is 12.6 Å². The first kappa shape index (κ1) is 15.4. The molecule has 0 radical (unpaired) electrons. The van der Waals surface area contributed by atoms with E-state index in [9.17, 15) is 13.6 Å². The van der Waals surface area contributed by atoms with Crippen LogP contribution in [0.5, 0.6) is 0 Å². The van der Waals surface area contributed by atoms with Crippen molar-refractivity contribution in [2.24, 2.45) is 11.7 Å². The highest BCUT2D eigenvalue weighted by atomic mass is 19.1. The van der Waals surface area contributed by atoms with E-state index in [-0.39, 0.29) is 5.69 Å². The van der Waals surface area contributed by atoms with E-state index in [1.54, 1.807) is 0 Å². The van der Waals surface area contributed by atoms with Crippen LogP contribution >= 0.6 is 0 Å². The number of amides is 2. The third-order valence-electron chi connectivity index (χ3n) is 2.88. The lowest BCUT2D eigenvalue weighted by atomic mass is 10.0. The highest BCUT2D eigenvalue weighted by Gasteiger charge is 2.10. The van der Waals surface area contributed by atoms with Gasteiger partial charge in [0.1, 0.15) is 11.6 Å². The van der Waals surface area contributed by atoms with Crippen LogP contribution in [0.4, 0.5) is 19.3 Å². The van der Waals surface area contributed by atoms with Crippen molar-refractivity contribution >= 4 is 11.7 Å². The largest absolute Gasteiger partial charge is 0.338 e. The Hall–Kier alpha value is -1.69. The quantitative estimate of drug-likeness (QED) is 0.744. The van der Waals surface area contributed by atoms with Crippen LogP contribution in [0, 0.1) is 17.6 Å². The van der Waals surface area contributed by atoms with Gasteiger partial charge in [0.15, 0.2) is 0 Å². The van der Waals surface area contributed by atoms with Gasteiger partial charge in [-0.25, -0.2) is 13.6 Å². The number of nitrogens with one attached hydrogen (secondary N) is 2. The summed E-state index contributed by atoms with van der Waals surface area (Å²) in [6.07, 6.45) is 1.73. The van der Waals surface area contributed by atoms with Crippen LogP contribution in [0.15, 0.2) is 18.2 Å². The maximum atomic E-state index is 13.3.